The van der Waals surface area contributed by atoms with Gasteiger partial charge in [-0.25, -0.2) is 8.78 Å². The molecule has 1 fully saturated rings. The molecule has 94 valence electrons. The maximum Gasteiger partial charge on any atom is 0.127 e. The molecule has 1 aromatic carbocycles. The molecule has 0 amide bonds. The molecule has 3 nitrogen and oxygen atoms in total. The van der Waals surface area contributed by atoms with Crippen LogP contribution in [-0.2, 0) is 11.3 Å². The Morgan fingerprint density at radius 2 is 2.12 bits per heavy atom. The molecule has 1 aliphatic rings. The largest absolute Gasteiger partial charge is 0.380 e. The summed E-state index contributed by atoms with van der Waals surface area (Å²) < 4.78 is 31.3. The number of nitrogens with two attached hydrogens (primary N) is 1. The highest BCUT2D eigenvalue weighted by Crippen LogP contribution is 2.24. The van der Waals surface area contributed by atoms with Gasteiger partial charge in [0.25, 0.3) is 0 Å². The van der Waals surface area contributed by atoms with Crippen molar-refractivity contribution in [2.24, 2.45) is 11.1 Å². The Morgan fingerprint density at radius 1 is 1.35 bits per heavy atom. The van der Waals surface area contributed by atoms with E-state index in [1.54, 1.807) is 0 Å². The molecule has 0 radical (unpaired) electrons. The summed E-state index contributed by atoms with van der Waals surface area (Å²) >= 11 is 0. The molecule has 0 aromatic heterocycles. The zero-order valence-electron chi connectivity index (χ0n) is 9.51. The minimum absolute atomic E-state index is 0.0379. The van der Waals surface area contributed by atoms with E-state index in [1.165, 1.54) is 6.07 Å². The second-order valence-corrected chi connectivity index (χ2v) is 4.54. The first-order chi connectivity index (χ1) is 8.15. The van der Waals surface area contributed by atoms with Crippen molar-refractivity contribution < 1.29 is 13.5 Å². The second-order valence-electron chi connectivity index (χ2n) is 4.54. The Bertz CT molecular complexity index is 389. The maximum absolute atomic E-state index is 13.3. The van der Waals surface area contributed by atoms with Gasteiger partial charge in [0.2, 0.25) is 0 Å². The van der Waals surface area contributed by atoms with E-state index in [9.17, 15) is 8.78 Å². The summed E-state index contributed by atoms with van der Waals surface area (Å²) in [7, 11) is 0. The number of benzene rings is 1. The van der Waals surface area contributed by atoms with E-state index in [4.69, 9.17) is 10.5 Å². The third kappa shape index (κ3) is 2.80. The van der Waals surface area contributed by atoms with Crippen LogP contribution in [0, 0.1) is 17.0 Å². The average Bonchev–Trinajstić information content (AvgIpc) is 2.27. The molecule has 0 saturated carbocycles. The molecule has 0 aliphatic carbocycles. The van der Waals surface area contributed by atoms with Crippen molar-refractivity contribution in [3.63, 3.8) is 0 Å². The maximum atomic E-state index is 13.3. The monoisotopic (exact) mass is 242 g/mol. The third-order valence-electron chi connectivity index (χ3n) is 3.07. The topological polar surface area (TPSA) is 47.3 Å². The van der Waals surface area contributed by atoms with E-state index < -0.39 is 11.6 Å². The van der Waals surface area contributed by atoms with Crippen LogP contribution >= 0.6 is 0 Å². The van der Waals surface area contributed by atoms with Crippen LogP contribution in [0.1, 0.15) is 5.56 Å². The molecular weight excluding hydrogens is 226 g/mol. The van der Waals surface area contributed by atoms with Crippen LogP contribution in [0.25, 0.3) is 0 Å². The van der Waals surface area contributed by atoms with Gasteiger partial charge in [0.1, 0.15) is 11.6 Å². The minimum atomic E-state index is -0.427. The minimum Gasteiger partial charge on any atom is -0.380 e. The summed E-state index contributed by atoms with van der Waals surface area (Å²) in [6.07, 6.45) is 0. The Labute approximate surface area is 98.9 Å². The second kappa shape index (κ2) is 5.08. The van der Waals surface area contributed by atoms with Gasteiger partial charge < -0.3 is 15.8 Å². The van der Waals surface area contributed by atoms with E-state index >= 15 is 0 Å². The molecule has 17 heavy (non-hydrogen) atoms. The normalized spacial score (nSPS) is 17.8. The van der Waals surface area contributed by atoms with E-state index in [2.05, 4.69) is 5.32 Å². The molecule has 0 atom stereocenters. The number of hydrogen-bond donors (Lipinski definition) is 2. The van der Waals surface area contributed by atoms with Crippen LogP contribution in [0.5, 0.6) is 0 Å². The van der Waals surface area contributed by atoms with Gasteiger partial charge in [-0.15, -0.1) is 0 Å². The number of hydrogen-bond acceptors (Lipinski definition) is 3. The molecule has 1 saturated heterocycles. The SMILES string of the molecule is NCC1(CNCc2cc(F)ccc2F)COC1. The standard InChI is InChI=1S/C12H16F2N2O/c13-10-1-2-11(14)9(3-10)4-16-6-12(5-15)7-17-8-12/h1-3,16H,4-8,15H2. The van der Waals surface area contributed by atoms with E-state index in [1.807, 2.05) is 0 Å². The molecule has 0 unspecified atom stereocenters. The van der Waals surface area contributed by atoms with Gasteiger partial charge in [0.15, 0.2) is 0 Å². The highest BCUT2D eigenvalue weighted by Gasteiger charge is 2.36. The summed E-state index contributed by atoms with van der Waals surface area (Å²) in [6, 6.07) is 3.45. The van der Waals surface area contributed by atoms with E-state index in [0.29, 0.717) is 38.4 Å². The highest BCUT2D eigenvalue weighted by molar-refractivity contribution is 5.18. The lowest BCUT2D eigenvalue weighted by molar-refractivity contribution is -0.105. The fourth-order valence-corrected chi connectivity index (χ4v) is 1.82. The van der Waals surface area contributed by atoms with Crippen LogP contribution in [0.3, 0.4) is 0 Å². The van der Waals surface area contributed by atoms with Crippen molar-refractivity contribution in [3.8, 4) is 0 Å². The van der Waals surface area contributed by atoms with Crippen LogP contribution in [0.15, 0.2) is 18.2 Å². The Hall–Kier alpha value is -1.04. The van der Waals surface area contributed by atoms with Crippen molar-refractivity contribution >= 4 is 0 Å². The lowest BCUT2D eigenvalue weighted by atomic mass is 9.86. The van der Waals surface area contributed by atoms with Crippen molar-refractivity contribution in [3.05, 3.63) is 35.4 Å². The first-order valence-electron chi connectivity index (χ1n) is 5.58. The number of nitrogens with one attached hydrogen (secondary N) is 1. The Kier molecular flexibility index (Phi) is 3.71. The first kappa shape index (κ1) is 12.4. The molecule has 5 heteroatoms. The third-order valence-corrected chi connectivity index (χ3v) is 3.07. The fraction of sp³-hybridized carbons (Fsp3) is 0.500. The Morgan fingerprint density at radius 3 is 2.71 bits per heavy atom. The zero-order chi connectivity index (χ0) is 12.3. The summed E-state index contributed by atoms with van der Waals surface area (Å²) in [4.78, 5) is 0. The van der Waals surface area contributed by atoms with Crippen molar-refractivity contribution in [1.29, 1.82) is 0 Å². The van der Waals surface area contributed by atoms with Gasteiger partial charge in [-0.05, 0) is 18.2 Å². The zero-order valence-corrected chi connectivity index (χ0v) is 9.51. The molecule has 0 spiro atoms. The van der Waals surface area contributed by atoms with E-state index in [0.717, 1.165) is 12.1 Å². The summed E-state index contributed by atoms with van der Waals surface area (Å²) in [5.41, 5.74) is 5.94. The van der Waals surface area contributed by atoms with Crippen LogP contribution in [0.2, 0.25) is 0 Å². The number of rotatable bonds is 5. The predicted octanol–water partition coefficient (Wildman–Crippen LogP) is 1.03. The van der Waals surface area contributed by atoms with Crippen LogP contribution in [0.4, 0.5) is 8.78 Å². The van der Waals surface area contributed by atoms with Gasteiger partial charge in [-0.2, -0.15) is 0 Å². The average molecular weight is 242 g/mol. The highest BCUT2D eigenvalue weighted by atomic mass is 19.1. The Balaban J connectivity index is 1.87. The molecule has 1 heterocycles. The molecule has 3 N–H and O–H groups in total. The quantitative estimate of drug-likeness (QED) is 0.810. The smallest absolute Gasteiger partial charge is 0.127 e. The molecule has 1 aliphatic heterocycles. The molecule has 2 rings (SSSR count). The lowest BCUT2D eigenvalue weighted by Crippen LogP contribution is -2.54. The van der Waals surface area contributed by atoms with Gasteiger partial charge in [-0.3, -0.25) is 0 Å². The summed E-state index contributed by atoms with van der Waals surface area (Å²) in [5, 5.41) is 3.10. The predicted molar refractivity (Wildman–Crippen MR) is 60.4 cm³/mol. The van der Waals surface area contributed by atoms with Gasteiger partial charge in [0, 0.05) is 30.6 Å². The molecule has 1 aromatic rings. The summed E-state index contributed by atoms with van der Waals surface area (Å²) in [5.74, 6) is -0.825. The first-order valence-corrected chi connectivity index (χ1v) is 5.58. The van der Waals surface area contributed by atoms with Gasteiger partial charge in [-0.1, -0.05) is 0 Å². The number of ether oxygens (including phenoxy) is 1. The van der Waals surface area contributed by atoms with Crippen molar-refractivity contribution in [2.75, 3.05) is 26.3 Å². The molecule has 0 bridgehead atoms. The van der Waals surface area contributed by atoms with Gasteiger partial charge >= 0.3 is 0 Å². The van der Waals surface area contributed by atoms with Crippen molar-refractivity contribution in [1.82, 2.24) is 5.32 Å². The van der Waals surface area contributed by atoms with Crippen molar-refractivity contribution in [2.45, 2.75) is 6.54 Å². The number of halogens is 2. The molecular formula is C12H16F2N2O. The summed E-state index contributed by atoms with van der Waals surface area (Å²) in [6.45, 7) is 2.74. The lowest BCUT2D eigenvalue weighted by Gasteiger charge is -2.40. The van der Waals surface area contributed by atoms with Crippen LogP contribution in [-0.4, -0.2) is 26.3 Å². The van der Waals surface area contributed by atoms with E-state index in [-0.39, 0.29) is 5.41 Å². The van der Waals surface area contributed by atoms with Gasteiger partial charge in [0.05, 0.1) is 13.2 Å². The fourth-order valence-electron chi connectivity index (χ4n) is 1.82. The van der Waals surface area contributed by atoms with Crippen LogP contribution < -0.4 is 11.1 Å².